The van der Waals surface area contributed by atoms with Gasteiger partial charge in [-0.05, 0) is 20.8 Å². The summed E-state index contributed by atoms with van der Waals surface area (Å²) < 4.78 is 27.3. The average Bonchev–Trinajstić information content (AvgIpc) is 2.52. The molecule has 1 aromatic rings. The highest BCUT2D eigenvalue weighted by Gasteiger charge is 2.32. The third-order valence-corrected chi connectivity index (χ3v) is 3.72. The summed E-state index contributed by atoms with van der Waals surface area (Å²) in [4.78, 5) is 3.85. The summed E-state index contributed by atoms with van der Waals surface area (Å²) in [5, 5.41) is 0. The predicted molar refractivity (Wildman–Crippen MR) is 51.7 cm³/mol. The summed E-state index contributed by atoms with van der Waals surface area (Å²) in [5.74, 6) is 0.468. The fourth-order valence-electron chi connectivity index (χ4n) is 1.06. The first-order valence-corrected chi connectivity index (χ1v) is 5.98. The van der Waals surface area contributed by atoms with Gasteiger partial charge in [-0.3, -0.25) is 4.57 Å². The Labute approximate surface area is 83.0 Å². The molecular formula is C8H14NO4P. The van der Waals surface area contributed by atoms with Crippen LogP contribution < -0.4 is 5.44 Å². The Hall–Kier alpha value is -0.640. The largest absolute Gasteiger partial charge is 0.448 e. The van der Waals surface area contributed by atoms with E-state index >= 15 is 0 Å². The van der Waals surface area contributed by atoms with Crippen LogP contribution in [0.2, 0.25) is 0 Å². The zero-order valence-corrected chi connectivity index (χ0v) is 9.41. The molecule has 6 heteroatoms. The van der Waals surface area contributed by atoms with Crippen molar-refractivity contribution in [2.24, 2.45) is 0 Å². The number of hydrogen-bond donors (Lipinski definition) is 0. The predicted octanol–water partition coefficient (Wildman–Crippen LogP) is 1.87. The lowest BCUT2D eigenvalue weighted by atomic mass is 10.6. The Morgan fingerprint density at radius 1 is 1.43 bits per heavy atom. The number of hydrogen-bond acceptors (Lipinski definition) is 5. The van der Waals surface area contributed by atoms with Crippen molar-refractivity contribution in [1.82, 2.24) is 4.98 Å². The Kier molecular flexibility index (Phi) is 3.86. The quantitative estimate of drug-likeness (QED) is 0.707. The first-order valence-electron chi connectivity index (χ1n) is 4.43. The van der Waals surface area contributed by atoms with E-state index in [4.69, 9.17) is 13.5 Å². The summed E-state index contributed by atoms with van der Waals surface area (Å²) in [6.45, 7) is 5.79. The highest BCUT2D eigenvalue weighted by atomic mass is 31.2. The van der Waals surface area contributed by atoms with Gasteiger partial charge in [0.1, 0.15) is 5.76 Å². The third kappa shape index (κ3) is 2.23. The van der Waals surface area contributed by atoms with Crippen LogP contribution in [0.15, 0.2) is 10.8 Å². The van der Waals surface area contributed by atoms with Crippen molar-refractivity contribution in [3.63, 3.8) is 0 Å². The molecule has 1 heterocycles. The van der Waals surface area contributed by atoms with E-state index < -0.39 is 7.60 Å². The van der Waals surface area contributed by atoms with Crippen LogP contribution in [-0.2, 0) is 13.6 Å². The molecule has 0 atom stereocenters. The van der Waals surface area contributed by atoms with Gasteiger partial charge >= 0.3 is 7.60 Å². The maximum Gasteiger partial charge on any atom is 0.383 e. The normalized spacial score (nSPS) is 11.9. The number of aryl methyl sites for hydroxylation is 1. The molecule has 0 fully saturated rings. The molecule has 0 radical (unpaired) electrons. The van der Waals surface area contributed by atoms with E-state index in [2.05, 4.69) is 4.98 Å². The zero-order valence-electron chi connectivity index (χ0n) is 8.52. The summed E-state index contributed by atoms with van der Waals surface area (Å²) in [6.07, 6.45) is 1.23. The van der Waals surface area contributed by atoms with Crippen molar-refractivity contribution >= 4 is 13.0 Å². The van der Waals surface area contributed by atoms with Crippen LogP contribution in [0, 0.1) is 6.92 Å². The summed E-state index contributed by atoms with van der Waals surface area (Å²) in [5.41, 5.74) is 0.265. The molecular weight excluding hydrogens is 205 g/mol. The van der Waals surface area contributed by atoms with Gasteiger partial charge in [-0.25, -0.2) is 4.98 Å². The topological polar surface area (TPSA) is 61.6 Å². The lowest BCUT2D eigenvalue weighted by molar-refractivity contribution is 0.229. The van der Waals surface area contributed by atoms with Gasteiger partial charge in [0.25, 0.3) is 0 Å². The molecule has 0 unspecified atom stereocenters. The van der Waals surface area contributed by atoms with Gasteiger partial charge in [-0.15, -0.1) is 0 Å². The Morgan fingerprint density at radius 2 is 2.00 bits per heavy atom. The lowest BCUT2D eigenvalue weighted by Crippen LogP contribution is -2.13. The Balaban J connectivity index is 2.99. The standard InChI is InChI=1S/C8H14NO4P/c1-4-12-14(10,13-5-2)8-7(3)11-6-9-8/h6H,4-5H2,1-3H3. The van der Waals surface area contributed by atoms with Gasteiger partial charge in [0.2, 0.25) is 0 Å². The van der Waals surface area contributed by atoms with E-state index in [0.29, 0.717) is 19.0 Å². The molecule has 0 saturated carbocycles. The van der Waals surface area contributed by atoms with Gasteiger partial charge in [-0.2, -0.15) is 0 Å². The second-order valence-electron chi connectivity index (χ2n) is 2.57. The minimum atomic E-state index is -3.27. The van der Waals surface area contributed by atoms with Gasteiger partial charge < -0.3 is 13.5 Å². The van der Waals surface area contributed by atoms with Crippen molar-refractivity contribution in [3.05, 3.63) is 12.2 Å². The van der Waals surface area contributed by atoms with Crippen LogP contribution >= 0.6 is 7.60 Å². The SMILES string of the molecule is CCOP(=O)(OCC)c1ncoc1C. The van der Waals surface area contributed by atoms with Crippen LogP contribution in [0.4, 0.5) is 0 Å². The number of aromatic nitrogens is 1. The first kappa shape index (κ1) is 11.4. The van der Waals surface area contributed by atoms with Crippen LogP contribution in [0.5, 0.6) is 0 Å². The molecule has 80 valence electrons. The van der Waals surface area contributed by atoms with Crippen molar-refractivity contribution in [3.8, 4) is 0 Å². The minimum Gasteiger partial charge on any atom is -0.448 e. The molecule has 0 spiro atoms. The molecule has 0 saturated heterocycles. The van der Waals surface area contributed by atoms with Gasteiger partial charge in [0.05, 0.1) is 13.2 Å². The number of rotatable bonds is 5. The highest BCUT2D eigenvalue weighted by Crippen LogP contribution is 2.46. The number of nitrogens with zero attached hydrogens (tertiary/aromatic N) is 1. The molecule has 0 N–H and O–H groups in total. The molecule has 0 aliphatic rings. The van der Waals surface area contributed by atoms with E-state index in [0.717, 1.165) is 0 Å². The monoisotopic (exact) mass is 219 g/mol. The van der Waals surface area contributed by atoms with Crippen LogP contribution in [0.1, 0.15) is 19.6 Å². The molecule has 1 rings (SSSR count). The highest BCUT2D eigenvalue weighted by molar-refractivity contribution is 7.62. The van der Waals surface area contributed by atoms with Crippen LogP contribution in [-0.4, -0.2) is 18.2 Å². The molecule has 5 nitrogen and oxygen atoms in total. The fourth-order valence-corrected chi connectivity index (χ4v) is 2.69. The van der Waals surface area contributed by atoms with Gasteiger partial charge in [-0.1, -0.05) is 0 Å². The second kappa shape index (κ2) is 4.73. The molecule has 0 bridgehead atoms. The van der Waals surface area contributed by atoms with E-state index in [1.165, 1.54) is 6.39 Å². The molecule has 0 aliphatic carbocycles. The molecule has 1 aromatic heterocycles. The van der Waals surface area contributed by atoms with Gasteiger partial charge in [0, 0.05) is 0 Å². The van der Waals surface area contributed by atoms with Crippen molar-refractivity contribution < 1.29 is 18.0 Å². The van der Waals surface area contributed by atoms with E-state index in [9.17, 15) is 4.57 Å². The Morgan fingerprint density at radius 3 is 2.36 bits per heavy atom. The smallest absolute Gasteiger partial charge is 0.383 e. The summed E-state index contributed by atoms with van der Waals surface area (Å²) in [6, 6.07) is 0. The van der Waals surface area contributed by atoms with Crippen molar-refractivity contribution in [2.45, 2.75) is 20.8 Å². The van der Waals surface area contributed by atoms with Crippen LogP contribution in [0.3, 0.4) is 0 Å². The van der Waals surface area contributed by atoms with E-state index in [-0.39, 0.29) is 5.44 Å². The summed E-state index contributed by atoms with van der Waals surface area (Å²) >= 11 is 0. The van der Waals surface area contributed by atoms with Crippen LogP contribution in [0.25, 0.3) is 0 Å². The van der Waals surface area contributed by atoms with Crippen molar-refractivity contribution in [1.29, 1.82) is 0 Å². The first-order chi connectivity index (χ1) is 6.64. The van der Waals surface area contributed by atoms with Crippen molar-refractivity contribution in [2.75, 3.05) is 13.2 Å². The number of oxazole rings is 1. The molecule has 0 aliphatic heterocycles. The maximum absolute atomic E-state index is 12.1. The molecule has 0 amide bonds. The third-order valence-electron chi connectivity index (χ3n) is 1.58. The maximum atomic E-state index is 12.1. The molecule has 0 aromatic carbocycles. The van der Waals surface area contributed by atoms with E-state index in [1.54, 1.807) is 20.8 Å². The molecule has 14 heavy (non-hydrogen) atoms. The summed E-state index contributed by atoms with van der Waals surface area (Å²) in [7, 11) is -3.27. The average molecular weight is 219 g/mol. The minimum absolute atomic E-state index is 0.265. The van der Waals surface area contributed by atoms with E-state index in [1.807, 2.05) is 0 Å². The zero-order chi connectivity index (χ0) is 10.6. The lowest BCUT2D eigenvalue weighted by Gasteiger charge is -2.14. The fraction of sp³-hybridized carbons (Fsp3) is 0.625. The Bertz CT molecular complexity index is 326. The second-order valence-corrected chi connectivity index (χ2v) is 4.50. The van der Waals surface area contributed by atoms with Gasteiger partial charge in [0.15, 0.2) is 11.8 Å².